The fraction of sp³-hybridized carbons (Fsp3) is 0.389. The van der Waals surface area contributed by atoms with Crippen molar-refractivity contribution >= 4 is 11.7 Å². The number of amides is 1. The van der Waals surface area contributed by atoms with E-state index in [4.69, 9.17) is 0 Å². The maximum Gasteiger partial charge on any atom is 0.223 e. The van der Waals surface area contributed by atoms with Crippen LogP contribution in [-0.2, 0) is 11.2 Å². The summed E-state index contributed by atoms with van der Waals surface area (Å²) in [5, 5.41) is 2.86. The van der Waals surface area contributed by atoms with Crippen molar-refractivity contribution in [2.24, 2.45) is 5.92 Å². The van der Waals surface area contributed by atoms with Crippen LogP contribution in [0.4, 0.5) is 14.6 Å². The van der Waals surface area contributed by atoms with Gasteiger partial charge in [-0.2, -0.15) is 0 Å². The third kappa shape index (κ3) is 4.71. The molecule has 3 rings (SSSR count). The van der Waals surface area contributed by atoms with Crippen LogP contribution in [0.5, 0.6) is 0 Å². The Morgan fingerprint density at radius 1 is 1.16 bits per heavy atom. The molecule has 132 valence electrons. The first-order valence-corrected chi connectivity index (χ1v) is 8.35. The normalized spacial score (nSPS) is 15.2. The molecule has 1 amide bonds. The summed E-state index contributed by atoms with van der Waals surface area (Å²) in [6.45, 7) is 1.88. The number of piperidine rings is 1. The van der Waals surface area contributed by atoms with Gasteiger partial charge in [0, 0.05) is 44.0 Å². The third-order valence-electron chi connectivity index (χ3n) is 4.37. The molecule has 1 fully saturated rings. The molecular weight excluding hydrogens is 326 g/mol. The summed E-state index contributed by atoms with van der Waals surface area (Å²) in [6, 6.07) is 3.41. The van der Waals surface area contributed by atoms with Crippen molar-refractivity contribution in [3.8, 4) is 0 Å². The van der Waals surface area contributed by atoms with Gasteiger partial charge in [-0.3, -0.25) is 9.78 Å². The zero-order chi connectivity index (χ0) is 17.6. The Hall–Kier alpha value is -2.57. The molecule has 1 saturated heterocycles. The average Bonchev–Trinajstić information content (AvgIpc) is 2.62. The van der Waals surface area contributed by atoms with Gasteiger partial charge in [-0.05, 0) is 37.0 Å². The minimum absolute atomic E-state index is 0.00401. The Balaban J connectivity index is 1.43. The van der Waals surface area contributed by atoms with E-state index in [1.54, 1.807) is 18.6 Å². The average molecular weight is 346 g/mol. The number of hydrogen-bond donors (Lipinski definition) is 1. The Kier molecular flexibility index (Phi) is 5.53. The van der Waals surface area contributed by atoms with E-state index in [0.29, 0.717) is 18.5 Å². The number of carbonyl (C=O) groups excluding carboxylic acids is 1. The predicted octanol–water partition coefficient (Wildman–Crippen LogP) is 2.33. The third-order valence-corrected chi connectivity index (χ3v) is 4.37. The molecule has 0 saturated carbocycles. The molecular formula is C18H20F2N4O. The summed E-state index contributed by atoms with van der Waals surface area (Å²) >= 11 is 0. The Morgan fingerprint density at radius 3 is 2.52 bits per heavy atom. The first kappa shape index (κ1) is 17.3. The highest BCUT2D eigenvalue weighted by Crippen LogP contribution is 2.21. The van der Waals surface area contributed by atoms with Crippen LogP contribution in [0, 0.1) is 17.6 Å². The Morgan fingerprint density at radius 2 is 1.88 bits per heavy atom. The number of benzene rings is 1. The van der Waals surface area contributed by atoms with Gasteiger partial charge in [-0.25, -0.2) is 13.8 Å². The van der Waals surface area contributed by atoms with E-state index in [0.717, 1.165) is 37.8 Å². The molecule has 1 aromatic carbocycles. The second-order valence-electron chi connectivity index (χ2n) is 6.14. The van der Waals surface area contributed by atoms with Crippen LogP contribution in [0.1, 0.15) is 18.4 Å². The lowest BCUT2D eigenvalue weighted by Gasteiger charge is -2.31. The largest absolute Gasteiger partial charge is 0.356 e. The van der Waals surface area contributed by atoms with Gasteiger partial charge in [0.05, 0.1) is 6.20 Å². The van der Waals surface area contributed by atoms with Gasteiger partial charge in [0.1, 0.15) is 17.5 Å². The van der Waals surface area contributed by atoms with Crippen molar-refractivity contribution in [2.45, 2.75) is 19.3 Å². The SMILES string of the molecule is O=C(NCCc1cc(F)cc(F)c1)C1CCN(c2cnccn2)CC1. The summed E-state index contributed by atoms with van der Waals surface area (Å²) in [5.74, 6) is -0.419. The minimum atomic E-state index is -0.599. The smallest absolute Gasteiger partial charge is 0.223 e. The number of nitrogens with one attached hydrogen (secondary N) is 1. The zero-order valence-corrected chi connectivity index (χ0v) is 13.8. The van der Waals surface area contributed by atoms with E-state index >= 15 is 0 Å². The van der Waals surface area contributed by atoms with E-state index in [-0.39, 0.29) is 11.8 Å². The van der Waals surface area contributed by atoms with Crippen LogP contribution in [0.2, 0.25) is 0 Å². The molecule has 0 radical (unpaired) electrons. The lowest BCUT2D eigenvalue weighted by atomic mass is 9.96. The summed E-state index contributed by atoms with van der Waals surface area (Å²) < 4.78 is 26.3. The molecule has 1 aliphatic rings. The van der Waals surface area contributed by atoms with Crippen LogP contribution >= 0.6 is 0 Å². The molecule has 0 bridgehead atoms. The van der Waals surface area contributed by atoms with Crippen molar-refractivity contribution in [1.29, 1.82) is 0 Å². The zero-order valence-electron chi connectivity index (χ0n) is 13.8. The van der Waals surface area contributed by atoms with Crippen molar-refractivity contribution in [2.75, 3.05) is 24.5 Å². The van der Waals surface area contributed by atoms with Gasteiger partial charge in [0.2, 0.25) is 5.91 Å². The van der Waals surface area contributed by atoms with E-state index in [1.807, 2.05) is 0 Å². The monoisotopic (exact) mass is 346 g/mol. The first-order valence-electron chi connectivity index (χ1n) is 8.35. The molecule has 5 nitrogen and oxygen atoms in total. The number of halogens is 2. The number of nitrogens with zero attached hydrogens (tertiary/aromatic N) is 3. The van der Waals surface area contributed by atoms with Gasteiger partial charge in [-0.1, -0.05) is 0 Å². The van der Waals surface area contributed by atoms with Crippen molar-refractivity contribution in [3.05, 3.63) is 54.0 Å². The summed E-state index contributed by atoms with van der Waals surface area (Å²) in [7, 11) is 0. The molecule has 2 aromatic rings. The molecule has 0 atom stereocenters. The Labute approximate surface area is 145 Å². The second-order valence-corrected chi connectivity index (χ2v) is 6.14. The standard InChI is InChI=1S/C18H20F2N4O/c19-15-9-13(10-16(20)11-15)1-4-23-18(25)14-2-7-24(8-3-14)17-12-21-5-6-22-17/h5-6,9-12,14H,1-4,7-8H2,(H,23,25). The highest BCUT2D eigenvalue weighted by Gasteiger charge is 2.25. The maximum absolute atomic E-state index is 13.1. The summed E-state index contributed by atoms with van der Waals surface area (Å²) in [6.07, 6.45) is 6.91. The van der Waals surface area contributed by atoms with Gasteiger partial charge >= 0.3 is 0 Å². The Bertz CT molecular complexity index is 698. The van der Waals surface area contributed by atoms with Crippen molar-refractivity contribution < 1.29 is 13.6 Å². The molecule has 1 N–H and O–H groups in total. The van der Waals surface area contributed by atoms with Crippen LogP contribution in [0.25, 0.3) is 0 Å². The minimum Gasteiger partial charge on any atom is -0.356 e. The molecule has 0 unspecified atom stereocenters. The fourth-order valence-corrected chi connectivity index (χ4v) is 3.05. The van der Waals surface area contributed by atoms with Crippen molar-refractivity contribution in [3.63, 3.8) is 0 Å². The van der Waals surface area contributed by atoms with Crippen molar-refractivity contribution in [1.82, 2.24) is 15.3 Å². The molecule has 1 aromatic heterocycles. The number of aromatic nitrogens is 2. The maximum atomic E-state index is 13.1. The molecule has 0 spiro atoms. The van der Waals surface area contributed by atoms with Gasteiger partial charge in [-0.15, -0.1) is 0 Å². The van der Waals surface area contributed by atoms with Crippen LogP contribution in [0.3, 0.4) is 0 Å². The lowest BCUT2D eigenvalue weighted by molar-refractivity contribution is -0.125. The van der Waals surface area contributed by atoms with Gasteiger partial charge < -0.3 is 10.2 Å². The number of hydrogen-bond acceptors (Lipinski definition) is 4. The molecule has 0 aliphatic carbocycles. The summed E-state index contributed by atoms with van der Waals surface area (Å²) in [5.41, 5.74) is 0.537. The number of anilines is 1. The van der Waals surface area contributed by atoms with Crippen LogP contribution < -0.4 is 10.2 Å². The predicted molar refractivity (Wildman–Crippen MR) is 90.0 cm³/mol. The van der Waals surface area contributed by atoms with Gasteiger partial charge in [0.15, 0.2) is 0 Å². The molecule has 1 aliphatic heterocycles. The van der Waals surface area contributed by atoms with E-state index in [9.17, 15) is 13.6 Å². The van der Waals surface area contributed by atoms with E-state index in [2.05, 4.69) is 20.2 Å². The van der Waals surface area contributed by atoms with E-state index in [1.165, 1.54) is 12.1 Å². The highest BCUT2D eigenvalue weighted by molar-refractivity contribution is 5.78. The topological polar surface area (TPSA) is 58.1 Å². The van der Waals surface area contributed by atoms with Crippen LogP contribution in [0.15, 0.2) is 36.8 Å². The van der Waals surface area contributed by atoms with E-state index < -0.39 is 11.6 Å². The molecule has 2 heterocycles. The summed E-state index contributed by atoms with van der Waals surface area (Å²) in [4.78, 5) is 22.7. The lowest BCUT2D eigenvalue weighted by Crippen LogP contribution is -2.41. The molecule has 7 heteroatoms. The fourth-order valence-electron chi connectivity index (χ4n) is 3.05. The first-order chi connectivity index (χ1) is 12.1. The quantitative estimate of drug-likeness (QED) is 0.903. The molecule has 25 heavy (non-hydrogen) atoms. The highest BCUT2D eigenvalue weighted by atomic mass is 19.1. The second kappa shape index (κ2) is 8.00. The number of rotatable bonds is 5. The van der Waals surface area contributed by atoms with Crippen LogP contribution in [-0.4, -0.2) is 35.5 Å². The number of carbonyl (C=O) groups is 1. The van der Waals surface area contributed by atoms with Gasteiger partial charge in [0.25, 0.3) is 0 Å².